The molecule has 0 unspecified atom stereocenters. The summed E-state index contributed by atoms with van der Waals surface area (Å²) in [5, 5.41) is 11.2. The van der Waals surface area contributed by atoms with E-state index in [1.807, 2.05) is 0 Å². The standard InChI is InChI=1S/C12H14FN3O4/c1-14-11(17)9-3-2-7(4-15-9)20-10-6-16(12(18)19)5-8(10)13/h2-4,8,10H,5-6H2,1H3,(H,14,17)(H,18,19)/t8-,10+/m1/s1. The van der Waals surface area contributed by atoms with Crippen LogP contribution in [0.3, 0.4) is 0 Å². The van der Waals surface area contributed by atoms with Crippen molar-refractivity contribution in [2.45, 2.75) is 12.3 Å². The maximum atomic E-state index is 13.6. The molecule has 1 aromatic heterocycles. The Labute approximate surface area is 114 Å². The number of hydrogen-bond donors (Lipinski definition) is 2. The van der Waals surface area contributed by atoms with Gasteiger partial charge >= 0.3 is 6.09 Å². The Morgan fingerprint density at radius 3 is 2.75 bits per heavy atom. The predicted octanol–water partition coefficient (Wildman–Crippen LogP) is 0.520. The monoisotopic (exact) mass is 283 g/mol. The lowest BCUT2D eigenvalue weighted by molar-refractivity contribution is 0.0957. The minimum absolute atomic E-state index is 0.0340. The minimum atomic E-state index is -1.38. The molecular weight excluding hydrogens is 269 g/mol. The van der Waals surface area contributed by atoms with Gasteiger partial charge in [-0.2, -0.15) is 0 Å². The molecule has 8 heteroatoms. The van der Waals surface area contributed by atoms with E-state index in [2.05, 4.69) is 10.3 Å². The molecular formula is C12H14FN3O4. The molecule has 1 aromatic rings. The number of halogens is 1. The van der Waals surface area contributed by atoms with E-state index in [1.165, 1.54) is 25.4 Å². The van der Waals surface area contributed by atoms with Crippen LogP contribution in [-0.4, -0.2) is 59.4 Å². The van der Waals surface area contributed by atoms with Crippen LogP contribution in [-0.2, 0) is 0 Å². The summed E-state index contributed by atoms with van der Waals surface area (Å²) in [5.41, 5.74) is 0.218. The molecule has 0 bridgehead atoms. The van der Waals surface area contributed by atoms with Gasteiger partial charge in [0.1, 0.15) is 17.5 Å². The van der Waals surface area contributed by atoms with Crippen molar-refractivity contribution in [3.05, 3.63) is 24.0 Å². The van der Waals surface area contributed by atoms with E-state index in [1.54, 1.807) is 0 Å². The zero-order valence-corrected chi connectivity index (χ0v) is 10.7. The number of nitrogens with one attached hydrogen (secondary N) is 1. The average molecular weight is 283 g/mol. The molecule has 1 saturated heterocycles. The van der Waals surface area contributed by atoms with Crippen molar-refractivity contribution in [3.63, 3.8) is 0 Å². The largest absolute Gasteiger partial charge is 0.484 e. The van der Waals surface area contributed by atoms with Crippen molar-refractivity contribution < 1.29 is 23.8 Å². The van der Waals surface area contributed by atoms with E-state index in [9.17, 15) is 14.0 Å². The third-order valence-electron chi connectivity index (χ3n) is 2.95. The number of carbonyl (C=O) groups excluding carboxylic acids is 1. The van der Waals surface area contributed by atoms with Crippen LogP contribution in [0.1, 0.15) is 10.5 Å². The summed E-state index contributed by atoms with van der Waals surface area (Å²) < 4.78 is 19.0. The molecule has 2 heterocycles. The lowest BCUT2D eigenvalue weighted by atomic mass is 10.3. The highest BCUT2D eigenvalue weighted by atomic mass is 19.1. The van der Waals surface area contributed by atoms with E-state index in [4.69, 9.17) is 9.84 Å². The number of carboxylic acid groups (broad SMARTS) is 1. The van der Waals surface area contributed by atoms with Gasteiger partial charge in [0, 0.05) is 7.05 Å². The molecule has 7 nitrogen and oxygen atoms in total. The number of carbonyl (C=O) groups is 2. The van der Waals surface area contributed by atoms with Gasteiger partial charge in [-0.3, -0.25) is 4.79 Å². The molecule has 1 aliphatic rings. The van der Waals surface area contributed by atoms with E-state index >= 15 is 0 Å². The van der Waals surface area contributed by atoms with Gasteiger partial charge in [-0.1, -0.05) is 0 Å². The van der Waals surface area contributed by atoms with Gasteiger partial charge in [0.25, 0.3) is 5.91 Å². The Morgan fingerprint density at radius 1 is 1.50 bits per heavy atom. The smallest absolute Gasteiger partial charge is 0.407 e. The number of aromatic nitrogens is 1. The number of rotatable bonds is 3. The molecule has 2 atom stereocenters. The predicted molar refractivity (Wildman–Crippen MR) is 66.5 cm³/mol. The fourth-order valence-electron chi connectivity index (χ4n) is 1.89. The van der Waals surface area contributed by atoms with Crippen LogP contribution < -0.4 is 10.1 Å². The Kier molecular flexibility index (Phi) is 4.02. The summed E-state index contributed by atoms with van der Waals surface area (Å²) >= 11 is 0. The van der Waals surface area contributed by atoms with Crippen LogP contribution >= 0.6 is 0 Å². The van der Waals surface area contributed by atoms with Gasteiger partial charge in [-0.15, -0.1) is 0 Å². The maximum absolute atomic E-state index is 13.6. The zero-order chi connectivity index (χ0) is 14.7. The van der Waals surface area contributed by atoms with Crippen LogP contribution in [0.15, 0.2) is 18.3 Å². The summed E-state index contributed by atoms with van der Waals surface area (Å²) in [6.45, 7) is -0.239. The number of likely N-dealkylation sites (tertiary alicyclic amines) is 1. The fraction of sp³-hybridized carbons (Fsp3) is 0.417. The quantitative estimate of drug-likeness (QED) is 0.843. The molecule has 0 aromatic carbocycles. The number of hydrogen-bond acceptors (Lipinski definition) is 4. The molecule has 1 aliphatic heterocycles. The molecule has 20 heavy (non-hydrogen) atoms. The first-order chi connectivity index (χ1) is 9.51. The second-order valence-corrected chi connectivity index (χ2v) is 4.32. The van der Waals surface area contributed by atoms with Gasteiger partial charge in [0.15, 0.2) is 6.17 Å². The maximum Gasteiger partial charge on any atom is 0.407 e. The highest BCUT2D eigenvalue weighted by Crippen LogP contribution is 2.20. The third-order valence-corrected chi connectivity index (χ3v) is 2.95. The molecule has 2 rings (SSSR count). The van der Waals surface area contributed by atoms with Crippen molar-refractivity contribution in [1.29, 1.82) is 0 Å². The third kappa shape index (κ3) is 2.95. The topological polar surface area (TPSA) is 91.8 Å². The highest BCUT2D eigenvalue weighted by molar-refractivity contribution is 5.91. The van der Waals surface area contributed by atoms with Gasteiger partial charge in [-0.25, -0.2) is 14.2 Å². The number of nitrogens with zero attached hydrogens (tertiary/aromatic N) is 2. The van der Waals surface area contributed by atoms with Gasteiger partial charge in [0.05, 0.1) is 19.3 Å². The lowest BCUT2D eigenvalue weighted by Crippen LogP contribution is -2.29. The summed E-state index contributed by atoms with van der Waals surface area (Å²) in [6, 6.07) is 2.94. The van der Waals surface area contributed by atoms with Gasteiger partial charge in [-0.05, 0) is 12.1 Å². The Morgan fingerprint density at radius 2 is 2.25 bits per heavy atom. The first-order valence-electron chi connectivity index (χ1n) is 5.98. The Balaban J connectivity index is 2.00. The van der Waals surface area contributed by atoms with Crippen molar-refractivity contribution in [3.8, 4) is 5.75 Å². The summed E-state index contributed by atoms with van der Waals surface area (Å²) in [4.78, 5) is 26.9. The van der Waals surface area contributed by atoms with E-state index < -0.39 is 18.4 Å². The van der Waals surface area contributed by atoms with Crippen molar-refractivity contribution in [2.24, 2.45) is 0 Å². The zero-order valence-electron chi connectivity index (χ0n) is 10.7. The minimum Gasteiger partial charge on any atom is -0.484 e. The first-order valence-corrected chi connectivity index (χ1v) is 5.98. The molecule has 0 aliphatic carbocycles. The number of amides is 2. The molecule has 0 saturated carbocycles. The van der Waals surface area contributed by atoms with Crippen molar-refractivity contribution in [2.75, 3.05) is 20.1 Å². The molecule has 2 amide bonds. The highest BCUT2D eigenvalue weighted by Gasteiger charge is 2.37. The molecule has 0 spiro atoms. The number of pyridine rings is 1. The van der Waals surface area contributed by atoms with Crippen LogP contribution in [0, 0.1) is 0 Å². The van der Waals surface area contributed by atoms with Crippen molar-refractivity contribution in [1.82, 2.24) is 15.2 Å². The van der Waals surface area contributed by atoms with E-state index in [-0.39, 0.29) is 30.4 Å². The molecule has 0 radical (unpaired) electrons. The van der Waals surface area contributed by atoms with Crippen LogP contribution in [0.4, 0.5) is 9.18 Å². The van der Waals surface area contributed by atoms with Crippen LogP contribution in [0.25, 0.3) is 0 Å². The lowest BCUT2D eigenvalue weighted by Gasteiger charge is -2.15. The van der Waals surface area contributed by atoms with Crippen LogP contribution in [0.2, 0.25) is 0 Å². The second kappa shape index (κ2) is 5.72. The summed E-state index contributed by atoms with van der Waals surface area (Å²) in [7, 11) is 1.49. The van der Waals surface area contributed by atoms with Gasteiger partial charge < -0.3 is 20.1 Å². The van der Waals surface area contributed by atoms with Crippen LogP contribution in [0.5, 0.6) is 5.75 Å². The van der Waals surface area contributed by atoms with Crippen molar-refractivity contribution >= 4 is 12.0 Å². The molecule has 2 N–H and O–H groups in total. The second-order valence-electron chi connectivity index (χ2n) is 4.32. The number of ether oxygens (including phenoxy) is 1. The van der Waals surface area contributed by atoms with E-state index in [0.717, 1.165) is 4.90 Å². The molecule has 1 fully saturated rings. The Hall–Kier alpha value is -2.38. The SMILES string of the molecule is CNC(=O)c1ccc(O[C@H]2CN(C(=O)O)C[C@H]2F)cn1. The normalized spacial score (nSPS) is 21.6. The van der Waals surface area contributed by atoms with Gasteiger partial charge in [0.2, 0.25) is 0 Å². The summed E-state index contributed by atoms with van der Waals surface area (Å²) in [5.74, 6) is -0.0459. The summed E-state index contributed by atoms with van der Waals surface area (Å²) in [6.07, 6.45) is -2.11. The number of alkyl halides is 1. The molecule has 108 valence electrons. The fourth-order valence-corrected chi connectivity index (χ4v) is 1.89. The Bertz CT molecular complexity index is 508. The average Bonchev–Trinajstić information content (AvgIpc) is 2.80. The first kappa shape index (κ1) is 14.0. The van der Waals surface area contributed by atoms with E-state index in [0.29, 0.717) is 0 Å².